The molecule has 0 unspecified atom stereocenters. The molecule has 0 aliphatic heterocycles. The number of aryl methyl sites for hydroxylation is 1. The number of rotatable bonds is 9. The summed E-state index contributed by atoms with van der Waals surface area (Å²) in [6.07, 6.45) is 3.28. The molecule has 0 radical (unpaired) electrons. The minimum absolute atomic E-state index is 0.00411. The van der Waals surface area contributed by atoms with E-state index in [0.717, 1.165) is 11.3 Å². The Kier molecular flexibility index (Phi) is 7.13. The number of amides is 2. The van der Waals surface area contributed by atoms with E-state index < -0.39 is 0 Å². The summed E-state index contributed by atoms with van der Waals surface area (Å²) < 4.78 is 10.5. The highest BCUT2D eigenvalue weighted by molar-refractivity contribution is 5.93. The summed E-state index contributed by atoms with van der Waals surface area (Å²) >= 11 is 0. The second-order valence-corrected chi connectivity index (χ2v) is 6.44. The van der Waals surface area contributed by atoms with E-state index in [1.807, 2.05) is 30.3 Å². The summed E-state index contributed by atoms with van der Waals surface area (Å²) in [4.78, 5) is 27.9. The monoisotopic (exact) mass is 393 g/mol. The fraction of sp³-hybridized carbons (Fsp3) is 0.227. The van der Waals surface area contributed by atoms with Crippen LogP contribution in [-0.4, -0.2) is 30.5 Å². The Balaban J connectivity index is 1.42. The SMILES string of the molecule is COCC(=O)Nc1ccc(NC(=O)CCCc2ncc(-c3ccccc3)o2)cc1. The maximum Gasteiger partial charge on any atom is 0.250 e. The van der Waals surface area contributed by atoms with Crippen molar-refractivity contribution in [2.75, 3.05) is 24.4 Å². The molecule has 0 saturated heterocycles. The van der Waals surface area contributed by atoms with E-state index in [2.05, 4.69) is 15.6 Å². The van der Waals surface area contributed by atoms with Crippen molar-refractivity contribution >= 4 is 23.2 Å². The summed E-state index contributed by atoms with van der Waals surface area (Å²) in [5.74, 6) is 1.03. The van der Waals surface area contributed by atoms with E-state index in [-0.39, 0.29) is 18.4 Å². The number of anilines is 2. The summed E-state index contributed by atoms with van der Waals surface area (Å²) in [6, 6.07) is 16.7. The van der Waals surface area contributed by atoms with Crippen LogP contribution in [-0.2, 0) is 20.7 Å². The quantitative estimate of drug-likeness (QED) is 0.575. The topological polar surface area (TPSA) is 93.5 Å². The predicted octanol–water partition coefficient (Wildman–Crippen LogP) is 3.89. The fourth-order valence-corrected chi connectivity index (χ4v) is 2.75. The van der Waals surface area contributed by atoms with Crippen molar-refractivity contribution in [2.45, 2.75) is 19.3 Å². The zero-order chi connectivity index (χ0) is 20.5. The van der Waals surface area contributed by atoms with Crippen LogP contribution in [0.5, 0.6) is 0 Å². The van der Waals surface area contributed by atoms with Crippen LogP contribution in [0.25, 0.3) is 11.3 Å². The van der Waals surface area contributed by atoms with Crippen LogP contribution in [0.4, 0.5) is 11.4 Å². The Labute approximate surface area is 169 Å². The molecule has 1 heterocycles. The van der Waals surface area contributed by atoms with Crippen LogP contribution in [0.2, 0.25) is 0 Å². The van der Waals surface area contributed by atoms with Crippen LogP contribution < -0.4 is 10.6 Å². The minimum atomic E-state index is -0.230. The normalized spacial score (nSPS) is 10.5. The van der Waals surface area contributed by atoms with E-state index in [4.69, 9.17) is 9.15 Å². The first-order valence-electron chi connectivity index (χ1n) is 9.33. The summed E-state index contributed by atoms with van der Waals surface area (Å²) in [5.41, 5.74) is 2.29. The molecular formula is C22H23N3O4. The molecule has 7 nitrogen and oxygen atoms in total. The molecule has 0 saturated carbocycles. The average Bonchev–Trinajstić information content (AvgIpc) is 3.19. The van der Waals surface area contributed by atoms with E-state index in [9.17, 15) is 9.59 Å². The van der Waals surface area contributed by atoms with E-state index in [1.54, 1.807) is 30.5 Å². The van der Waals surface area contributed by atoms with E-state index in [0.29, 0.717) is 36.5 Å². The molecule has 0 aliphatic rings. The number of aromatic nitrogens is 1. The van der Waals surface area contributed by atoms with Gasteiger partial charge in [0.25, 0.3) is 0 Å². The van der Waals surface area contributed by atoms with Gasteiger partial charge in [0.1, 0.15) is 6.61 Å². The van der Waals surface area contributed by atoms with Crippen molar-refractivity contribution < 1.29 is 18.7 Å². The Morgan fingerprint density at radius 2 is 1.62 bits per heavy atom. The lowest BCUT2D eigenvalue weighted by molar-refractivity contribution is -0.119. The number of methoxy groups -OCH3 is 1. The average molecular weight is 393 g/mol. The molecule has 0 atom stereocenters. The zero-order valence-corrected chi connectivity index (χ0v) is 16.2. The highest BCUT2D eigenvalue weighted by Gasteiger charge is 2.08. The number of hydrogen-bond donors (Lipinski definition) is 2. The smallest absolute Gasteiger partial charge is 0.250 e. The second kappa shape index (κ2) is 10.2. The van der Waals surface area contributed by atoms with Gasteiger partial charge in [0.2, 0.25) is 11.8 Å². The molecule has 2 N–H and O–H groups in total. The third kappa shape index (κ3) is 6.29. The first kappa shape index (κ1) is 20.3. The number of carbonyl (C=O) groups excluding carboxylic acids is 2. The van der Waals surface area contributed by atoms with Gasteiger partial charge in [0, 0.05) is 36.9 Å². The van der Waals surface area contributed by atoms with Gasteiger partial charge >= 0.3 is 0 Å². The van der Waals surface area contributed by atoms with Gasteiger partial charge in [-0.2, -0.15) is 0 Å². The third-order valence-corrected chi connectivity index (χ3v) is 4.13. The minimum Gasteiger partial charge on any atom is -0.441 e. The largest absolute Gasteiger partial charge is 0.441 e. The number of nitrogens with one attached hydrogen (secondary N) is 2. The molecular weight excluding hydrogens is 370 g/mol. The molecule has 2 amide bonds. The molecule has 150 valence electrons. The first-order chi connectivity index (χ1) is 14.1. The number of oxazole rings is 1. The molecule has 0 spiro atoms. The van der Waals surface area contributed by atoms with Crippen LogP contribution in [0, 0.1) is 0 Å². The van der Waals surface area contributed by atoms with Crippen molar-refractivity contribution in [1.29, 1.82) is 0 Å². The maximum absolute atomic E-state index is 12.1. The molecule has 29 heavy (non-hydrogen) atoms. The van der Waals surface area contributed by atoms with Gasteiger partial charge in [0.05, 0.1) is 6.20 Å². The number of carbonyl (C=O) groups is 2. The van der Waals surface area contributed by atoms with Gasteiger partial charge in [-0.1, -0.05) is 30.3 Å². The lowest BCUT2D eigenvalue weighted by Gasteiger charge is -2.07. The molecule has 0 bridgehead atoms. The van der Waals surface area contributed by atoms with Crippen LogP contribution >= 0.6 is 0 Å². The van der Waals surface area contributed by atoms with Crippen LogP contribution in [0.3, 0.4) is 0 Å². The molecule has 3 aromatic rings. The third-order valence-electron chi connectivity index (χ3n) is 4.13. The lowest BCUT2D eigenvalue weighted by Crippen LogP contribution is -2.17. The molecule has 2 aromatic carbocycles. The number of hydrogen-bond acceptors (Lipinski definition) is 5. The Bertz CT molecular complexity index is 936. The van der Waals surface area contributed by atoms with Gasteiger partial charge in [-0.3, -0.25) is 9.59 Å². The predicted molar refractivity (Wildman–Crippen MR) is 110 cm³/mol. The number of ether oxygens (including phenoxy) is 1. The highest BCUT2D eigenvalue weighted by Crippen LogP contribution is 2.20. The van der Waals surface area contributed by atoms with E-state index >= 15 is 0 Å². The van der Waals surface area contributed by atoms with Gasteiger partial charge in [0.15, 0.2) is 11.7 Å². The molecule has 3 rings (SSSR count). The van der Waals surface area contributed by atoms with Gasteiger partial charge < -0.3 is 19.8 Å². The first-order valence-corrected chi connectivity index (χ1v) is 9.33. The Hall–Kier alpha value is -3.45. The molecule has 0 fully saturated rings. The van der Waals surface area contributed by atoms with Gasteiger partial charge in [-0.15, -0.1) is 0 Å². The van der Waals surface area contributed by atoms with Crippen LogP contribution in [0.1, 0.15) is 18.7 Å². The van der Waals surface area contributed by atoms with Crippen LogP contribution in [0.15, 0.2) is 65.2 Å². The van der Waals surface area contributed by atoms with Crippen molar-refractivity contribution in [3.05, 3.63) is 66.7 Å². The molecule has 0 aliphatic carbocycles. The van der Waals surface area contributed by atoms with Crippen molar-refractivity contribution in [3.8, 4) is 11.3 Å². The van der Waals surface area contributed by atoms with Crippen molar-refractivity contribution in [3.63, 3.8) is 0 Å². The van der Waals surface area contributed by atoms with Crippen molar-refractivity contribution in [1.82, 2.24) is 4.98 Å². The standard InChI is InChI=1S/C22H23N3O4/c1-28-15-21(27)25-18-12-10-17(11-13-18)24-20(26)8-5-9-22-23-14-19(29-22)16-6-3-2-4-7-16/h2-4,6-7,10-14H,5,8-9,15H2,1H3,(H,24,26)(H,25,27). The maximum atomic E-state index is 12.1. The van der Waals surface area contributed by atoms with Gasteiger partial charge in [-0.05, 0) is 30.7 Å². The number of nitrogens with zero attached hydrogens (tertiary/aromatic N) is 1. The second-order valence-electron chi connectivity index (χ2n) is 6.44. The summed E-state index contributed by atoms with van der Waals surface area (Å²) in [7, 11) is 1.46. The van der Waals surface area contributed by atoms with E-state index in [1.165, 1.54) is 7.11 Å². The van der Waals surface area contributed by atoms with Crippen molar-refractivity contribution in [2.24, 2.45) is 0 Å². The lowest BCUT2D eigenvalue weighted by atomic mass is 10.2. The number of benzene rings is 2. The summed E-state index contributed by atoms with van der Waals surface area (Å²) in [6.45, 7) is -0.00411. The summed E-state index contributed by atoms with van der Waals surface area (Å²) in [5, 5.41) is 5.53. The highest BCUT2D eigenvalue weighted by atomic mass is 16.5. The Morgan fingerprint density at radius 3 is 2.28 bits per heavy atom. The molecule has 7 heteroatoms. The zero-order valence-electron chi connectivity index (χ0n) is 16.2. The fourth-order valence-electron chi connectivity index (χ4n) is 2.75. The Morgan fingerprint density at radius 1 is 0.966 bits per heavy atom. The molecule has 1 aromatic heterocycles. The van der Waals surface area contributed by atoms with Gasteiger partial charge in [-0.25, -0.2) is 4.98 Å².